The third-order valence-electron chi connectivity index (χ3n) is 1.56. The molecule has 0 bridgehead atoms. The van der Waals surface area contributed by atoms with Crippen LogP contribution in [-0.2, 0) is 0 Å². The molecular formula is C7H13N2+. The Morgan fingerprint density at radius 2 is 2.22 bits per heavy atom. The molecule has 0 aromatic carbocycles. The molecule has 1 aliphatic heterocycles. The summed E-state index contributed by atoms with van der Waals surface area (Å²) in [4.78, 5) is 4.38. The van der Waals surface area contributed by atoms with Crippen LogP contribution in [0.5, 0.6) is 0 Å². The second-order valence-electron chi connectivity index (χ2n) is 2.16. The second-order valence-corrected chi connectivity index (χ2v) is 2.16. The minimum absolute atomic E-state index is 1.02. The van der Waals surface area contributed by atoms with Crippen molar-refractivity contribution in [2.24, 2.45) is 0 Å². The summed E-state index contributed by atoms with van der Waals surface area (Å²) in [6.07, 6.45) is 5.16. The van der Waals surface area contributed by atoms with Gasteiger partial charge in [-0.25, -0.2) is 0 Å². The van der Waals surface area contributed by atoms with E-state index in [1.807, 2.05) is 6.20 Å². The van der Waals surface area contributed by atoms with Crippen molar-refractivity contribution in [3.05, 3.63) is 12.4 Å². The molecule has 0 fully saturated rings. The zero-order chi connectivity index (χ0) is 6.69. The first-order valence-electron chi connectivity index (χ1n) is 3.45. The van der Waals surface area contributed by atoms with E-state index in [0.717, 1.165) is 19.8 Å². The topological polar surface area (TPSA) is 6.48 Å². The molecule has 0 radical (unpaired) electrons. The molecule has 0 N–H and O–H groups in total. The fourth-order valence-corrected chi connectivity index (χ4v) is 0.847. The summed E-state index contributed by atoms with van der Waals surface area (Å²) in [5.41, 5.74) is 0. The number of hydrogen-bond donors (Lipinski definition) is 0. The van der Waals surface area contributed by atoms with Crippen LogP contribution in [-0.4, -0.2) is 29.6 Å². The predicted octanol–water partition coefficient (Wildman–Crippen LogP) is 0.876. The van der Waals surface area contributed by atoms with Crippen LogP contribution in [0, 0.1) is 6.20 Å². The molecule has 1 aliphatic rings. The molecule has 1 heterocycles. The molecule has 0 amide bonds. The summed E-state index contributed by atoms with van der Waals surface area (Å²) < 4.78 is 0. The first-order valence-corrected chi connectivity index (χ1v) is 3.45. The van der Waals surface area contributed by atoms with Gasteiger partial charge < -0.3 is 4.90 Å². The van der Waals surface area contributed by atoms with Gasteiger partial charge in [0.05, 0.1) is 6.54 Å². The Kier molecular flexibility index (Phi) is 1.91. The lowest BCUT2D eigenvalue weighted by Crippen LogP contribution is -2.24. The molecule has 2 nitrogen and oxygen atoms in total. The van der Waals surface area contributed by atoms with Gasteiger partial charge in [-0.1, -0.05) is 0 Å². The van der Waals surface area contributed by atoms with Crippen LogP contribution in [0.1, 0.15) is 13.8 Å². The molecule has 0 aromatic rings. The normalized spacial score (nSPS) is 16.7. The maximum absolute atomic E-state index is 3.14. The van der Waals surface area contributed by atoms with Gasteiger partial charge in [0.25, 0.3) is 6.20 Å². The molecule has 0 unspecified atom stereocenters. The fraction of sp³-hybridized carbons (Fsp3) is 0.714. The minimum Gasteiger partial charge on any atom is -0.311 e. The first-order chi connectivity index (χ1) is 4.36. The molecule has 50 valence electrons. The Hall–Kier alpha value is -0.750. The smallest absolute Gasteiger partial charge is 0.311 e. The van der Waals surface area contributed by atoms with Gasteiger partial charge in [0.15, 0.2) is 0 Å². The number of hydrogen-bond acceptors (Lipinski definition) is 2. The first kappa shape index (κ1) is 6.37. The van der Waals surface area contributed by atoms with Crippen LogP contribution in [0.2, 0.25) is 0 Å². The molecule has 2 heteroatoms. The van der Waals surface area contributed by atoms with Crippen molar-refractivity contribution >= 4 is 0 Å². The van der Waals surface area contributed by atoms with E-state index in [1.165, 1.54) is 0 Å². The Bertz CT molecular complexity index is 97.5. The lowest BCUT2D eigenvalue weighted by atomic mass is 10.6. The molecular weight excluding hydrogens is 112 g/mol. The summed E-state index contributed by atoms with van der Waals surface area (Å²) in [5, 5.41) is 0. The third-order valence-corrected chi connectivity index (χ3v) is 1.56. The monoisotopic (exact) mass is 125 g/mol. The zero-order valence-electron chi connectivity index (χ0n) is 6.09. The molecule has 0 aliphatic carbocycles. The lowest BCUT2D eigenvalue weighted by molar-refractivity contribution is 0.276. The molecule has 0 saturated carbocycles. The molecule has 0 saturated heterocycles. The van der Waals surface area contributed by atoms with Gasteiger partial charge in [0.2, 0.25) is 0 Å². The Morgan fingerprint density at radius 1 is 1.44 bits per heavy atom. The highest BCUT2D eigenvalue weighted by atomic mass is 15.3. The van der Waals surface area contributed by atoms with Crippen LogP contribution in [0.15, 0.2) is 6.20 Å². The SMILES string of the molecule is CCN1[C+]=CN(CC)C1. The summed E-state index contributed by atoms with van der Waals surface area (Å²) in [7, 11) is 0. The average Bonchev–Trinajstić information content (AvgIpc) is 2.34. The van der Waals surface area contributed by atoms with E-state index in [-0.39, 0.29) is 0 Å². The Morgan fingerprint density at radius 3 is 2.56 bits per heavy atom. The Balaban J connectivity index is 2.31. The van der Waals surface area contributed by atoms with E-state index in [4.69, 9.17) is 0 Å². The van der Waals surface area contributed by atoms with Crippen molar-refractivity contribution in [3.8, 4) is 0 Å². The van der Waals surface area contributed by atoms with E-state index < -0.39 is 0 Å². The van der Waals surface area contributed by atoms with Crippen molar-refractivity contribution in [1.29, 1.82) is 0 Å². The van der Waals surface area contributed by atoms with Gasteiger partial charge >= 0.3 is 6.20 Å². The van der Waals surface area contributed by atoms with Crippen LogP contribution < -0.4 is 0 Å². The van der Waals surface area contributed by atoms with Crippen LogP contribution in [0.25, 0.3) is 0 Å². The highest BCUT2D eigenvalue weighted by Crippen LogP contribution is 2.02. The molecule has 0 spiro atoms. The number of rotatable bonds is 2. The van der Waals surface area contributed by atoms with E-state index in [0.29, 0.717) is 0 Å². The summed E-state index contributed by atoms with van der Waals surface area (Å²) in [6, 6.07) is 0. The van der Waals surface area contributed by atoms with Crippen molar-refractivity contribution in [3.63, 3.8) is 0 Å². The van der Waals surface area contributed by atoms with Crippen molar-refractivity contribution < 1.29 is 0 Å². The van der Waals surface area contributed by atoms with Gasteiger partial charge in [-0.2, -0.15) is 4.90 Å². The van der Waals surface area contributed by atoms with Gasteiger partial charge in [0, 0.05) is 6.54 Å². The van der Waals surface area contributed by atoms with E-state index in [2.05, 4.69) is 29.8 Å². The number of nitrogens with zero attached hydrogens (tertiary/aromatic N) is 2. The minimum atomic E-state index is 1.02. The van der Waals surface area contributed by atoms with E-state index in [1.54, 1.807) is 0 Å². The van der Waals surface area contributed by atoms with Crippen LogP contribution >= 0.6 is 0 Å². The quantitative estimate of drug-likeness (QED) is 0.505. The molecule has 0 atom stereocenters. The zero-order valence-corrected chi connectivity index (χ0v) is 6.09. The van der Waals surface area contributed by atoms with Crippen LogP contribution in [0.4, 0.5) is 0 Å². The predicted molar refractivity (Wildman–Crippen MR) is 37.4 cm³/mol. The second kappa shape index (κ2) is 2.70. The highest BCUT2D eigenvalue weighted by molar-refractivity contribution is 4.82. The maximum Gasteiger partial charge on any atom is 0.391 e. The summed E-state index contributed by atoms with van der Waals surface area (Å²) in [5.74, 6) is 0. The Labute approximate surface area is 56.8 Å². The maximum atomic E-state index is 3.14. The van der Waals surface area contributed by atoms with Gasteiger partial charge in [-0.15, -0.1) is 0 Å². The van der Waals surface area contributed by atoms with E-state index in [9.17, 15) is 0 Å². The average molecular weight is 125 g/mol. The van der Waals surface area contributed by atoms with Gasteiger partial charge in [0.1, 0.15) is 6.67 Å². The third kappa shape index (κ3) is 1.33. The van der Waals surface area contributed by atoms with E-state index >= 15 is 0 Å². The van der Waals surface area contributed by atoms with Crippen molar-refractivity contribution in [1.82, 2.24) is 9.80 Å². The largest absolute Gasteiger partial charge is 0.391 e. The lowest BCUT2D eigenvalue weighted by Gasteiger charge is -2.08. The molecule has 9 heavy (non-hydrogen) atoms. The highest BCUT2D eigenvalue weighted by Gasteiger charge is 2.20. The van der Waals surface area contributed by atoms with Crippen molar-refractivity contribution in [2.45, 2.75) is 13.8 Å². The summed E-state index contributed by atoms with van der Waals surface area (Å²) >= 11 is 0. The van der Waals surface area contributed by atoms with Crippen molar-refractivity contribution in [2.75, 3.05) is 19.8 Å². The van der Waals surface area contributed by atoms with Crippen LogP contribution in [0.3, 0.4) is 0 Å². The summed E-state index contributed by atoms with van der Waals surface area (Å²) in [6.45, 7) is 7.46. The van der Waals surface area contributed by atoms with Gasteiger partial charge in [-0.3, -0.25) is 0 Å². The fourth-order valence-electron chi connectivity index (χ4n) is 0.847. The standard InChI is InChI=1S/C7H13N2/c1-3-8-5-6-9(4-2)7-8/h5H,3-4,7H2,1-2H3/q+1. The molecule has 1 rings (SSSR count). The molecule has 0 aromatic heterocycles. The van der Waals surface area contributed by atoms with Gasteiger partial charge in [-0.05, 0) is 13.8 Å².